The highest BCUT2D eigenvalue weighted by Gasteiger charge is 1.96. The van der Waals surface area contributed by atoms with E-state index in [1.54, 1.807) is 6.20 Å². The van der Waals surface area contributed by atoms with E-state index in [9.17, 15) is 0 Å². The van der Waals surface area contributed by atoms with E-state index in [-0.39, 0.29) is 0 Å². The molecule has 0 fully saturated rings. The van der Waals surface area contributed by atoms with Gasteiger partial charge in [-0.25, -0.2) is 9.97 Å². The topological polar surface area (TPSA) is 25.8 Å². The predicted molar refractivity (Wildman–Crippen MR) is 47.2 cm³/mol. The lowest BCUT2D eigenvalue weighted by molar-refractivity contribution is 1.04. The summed E-state index contributed by atoms with van der Waals surface area (Å²) in [6, 6.07) is 0. The normalized spacial score (nSPS) is 9.40. The Morgan fingerprint density at radius 1 is 1.70 bits per heavy atom. The summed E-state index contributed by atoms with van der Waals surface area (Å²) in [5.41, 5.74) is 0.766. The Kier molecular flexibility index (Phi) is 2.45. The average molecular weight is 217 g/mol. The summed E-state index contributed by atoms with van der Waals surface area (Å²) < 4.78 is 0.841. The number of hydrogen-bond acceptors (Lipinski definition) is 3. The molecule has 0 aliphatic carbocycles. The van der Waals surface area contributed by atoms with Crippen molar-refractivity contribution in [2.24, 2.45) is 0 Å². The van der Waals surface area contributed by atoms with Gasteiger partial charge in [0, 0.05) is 11.6 Å². The van der Waals surface area contributed by atoms with Crippen LogP contribution < -0.4 is 0 Å². The van der Waals surface area contributed by atoms with Crippen molar-refractivity contribution in [2.75, 3.05) is 0 Å². The minimum atomic E-state index is 0.735. The van der Waals surface area contributed by atoms with Crippen LogP contribution in [0.25, 0.3) is 0 Å². The van der Waals surface area contributed by atoms with E-state index in [0.29, 0.717) is 0 Å². The van der Waals surface area contributed by atoms with Crippen LogP contribution in [0.3, 0.4) is 0 Å². The molecule has 0 unspecified atom stereocenters. The first-order valence-electron chi connectivity index (χ1n) is 2.68. The summed E-state index contributed by atoms with van der Waals surface area (Å²) in [4.78, 5) is 8.04. The molecule has 0 N–H and O–H groups in total. The van der Waals surface area contributed by atoms with Crippen LogP contribution in [0.5, 0.6) is 0 Å². The molecule has 0 amide bonds. The molecule has 1 heterocycles. The average Bonchev–Trinajstić information content (AvgIpc) is 1.94. The van der Waals surface area contributed by atoms with Gasteiger partial charge in [-0.05, 0) is 22.9 Å². The lowest BCUT2D eigenvalue weighted by Gasteiger charge is -1.95. The molecule has 1 aromatic rings. The highest BCUT2D eigenvalue weighted by atomic mass is 79.9. The summed E-state index contributed by atoms with van der Waals surface area (Å²) in [6.07, 6.45) is 1.69. The van der Waals surface area contributed by atoms with Crippen molar-refractivity contribution in [2.45, 2.75) is 6.92 Å². The Morgan fingerprint density at radius 2 is 2.40 bits per heavy atom. The molecular formula is C6H5BrN2S. The molecular weight excluding hydrogens is 212 g/mol. The second kappa shape index (κ2) is 3.16. The first-order valence-corrected chi connectivity index (χ1v) is 3.95. The molecule has 0 aliphatic heterocycles. The molecule has 1 rings (SSSR count). The minimum Gasteiger partial charge on any atom is -0.240 e. The van der Waals surface area contributed by atoms with Crippen molar-refractivity contribution in [3.63, 3.8) is 0 Å². The lowest BCUT2D eigenvalue weighted by Crippen LogP contribution is -1.93. The van der Waals surface area contributed by atoms with Gasteiger partial charge in [-0.3, -0.25) is 0 Å². The zero-order valence-corrected chi connectivity index (χ0v) is 7.74. The molecule has 0 bridgehead atoms. The van der Waals surface area contributed by atoms with Crippen molar-refractivity contribution in [1.82, 2.24) is 9.97 Å². The monoisotopic (exact) mass is 216 g/mol. The molecule has 0 saturated heterocycles. The maximum absolute atomic E-state index is 4.72. The quantitative estimate of drug-likeness (QED) is 0.672. The maximum Gasteiger partial charge on any atom is 0.125 e. The first kappa shape index (κ1) is 7.75. The summed E-state index contributed by atoms with van der Waals surface area (Å²) in [6.45, 7) is 1.83. The number of nitrogens with zero attached hydrogens (tertiary/aromatic N) is 2. The van der Waals surface area contributed by atoms with Crippen molar-refractivity contribution in [3.8, 4) is 0 Å². The SMILES string of the molecule is Cc1ncc(Br)c(C=S)n1. The van der Waals surface area contributed by atoms with Crippen molar-refractivity contribution in [3.05, 3.63) is 22.2 Å². The highest BCUT2D eigenvalue weighted by molar-refractivity contribution is 9.10. The fourth-order valence-corrected chi connectivity index (χ4v) is 1.19. The van der Waals surface area contributed by atoms with Crippen molar-refractivity contribution >= 4 is 33.5 Å². The van der Waals surface area contributed by atoms with Crippen LogP contribution in [0.15, 0.2) is 10.7 Å². The predicted octanol–water partition coefficient (Wildman–Crippen LogP) is 1.90. The molecule has 52 valence electrons. The standard InChI is InChI=1S/C6H5BrN2S/c1-4-8-2-5(7)6(3-10)9-4/h2-3H,1H3. The number of rotatable bonds is 1. The zero-order chi connectivity index (χ0) is 7.56. The fraction of sp³-hybridized carbons (Fsp3) is 0.167. The fourth-order valence-electron chi connectivity index (χ4n) is 0.555. The van der Waals surface area contributed by atoms with Gasteiger partial charge in [0.2, 0.25) is 0 Å². The molecule has 0 aromatic carbocycles. The van der Waals surface area contributed by atoms with Crippen molar-refractivity contribution < 1.29 is 0 Å². The summed E-state index contributed by atoms with van der Waals surface area (Å²) >= 11 is 7.99. The van der Waals surface area contributed by atoms with Crippen LogP contribution in [0.4, 0.5) is 0 Å². The van der Waals surface area contributed by atoms with Gasteiger partial charge in [0.1, 0.15) is 5.82 Å². The van der Waals surface area contributed by atoms with E-state index >= 15 is 0 Å². The van der Waals surface area contributed by atoms with Crippen LogP contribution in [-0.4, -0.2) is 15.3 Å². The Hall–Kier alpha value is -0.350. The Morgan fingerprint density at radius 3 is 2.90 bits per heavy atom. The minimum absolute atomic E-state index is 0.735. The number of aromatic nitrogens is 2. The molecule has 0 aliphatic rings. The second-order valence-corrected chi connectivity index (χ2v) is 2.86. The number of aryl methyl sites for hydroxylation is 1. The summed E-state index contributed by atoms with van der Waals surface area (Å²) in [5.74, 6) is 0.735. The third-order valence-electron chi connectivity index (χ3n) is 1.00. The third-order valence-corrected chi connectivity index (χ3v) is 1.84. The van der Waals surface area contributed by atoms with Gasteiger partial charge in [-0.1, -0.05) is 12.2 Å². The van der Waals surface area contributed by atoms with E-state index in [4.69, 9.17) is 12.2 Å². The van der Waals surface area contributed by atoms with E-state index in [1.807, 2.05) is 6.92 Å². The van der Waals surface area contributed by atoms with E-state index in [0.717, 1.165) is 16.0 Å². The van der Waals surface area contributed by atoms with Crippen LogP contribution in [0.1, 0.15) is 11.5 Å². The molecule has 4 heteroatoms. The second-order valence-electron chi connectivity index (χ2n) is 1.77. The number of thiocarbonyl (C=S) groups is 1. The zero-order valence-electron chi connectivity index (χ0n) is 5.34. The van der Waals surface area contributed by atoms with Gasteiger partial charge in [-0.15, -0.1) is 0 Å². The largest absolute Gasteiger partial charge is 0.240 e. The molecule has 0 radical (unpaired) electrons. The van der Waals surface area contributed by atoms with Crippen LogP contribution in [0.2, 0.25) is 0 Å². The summed E-state index contributed by atoms with van der Waals surface area (Å²) in [7, 11) is 0. The van der Waals surface area contributed by atoms with Gasteiger partial charge >= 0.3 is 0 Å². The van der Waals surface area contributed by atoms with Gasteiger partial charge in [-0.2, -0.15) is 0 Å². The van der Waals surface area contributed by atoms with E-state index in [2.05, 4.69) is 25.9 Å². The maximum atomic E-state index is 4.72. The third kappa shape index (κ3) is 1.58. The molecule has 10 heavy (non-hydrogen) atoms. The Balaban J connectivity index is 3.21. The Labute approximate surface area is 72.8 Å². The molecule has 0 atom stereocenters. The molecule has 1 aromatic heterocycles. The Bertz CT molecular complexity index is 262. The van der Waals surface area contributed by atoms with E-state index in [1.165, 1.54) is 5.37 Å². The smallest absolute Gasteiger partial charge is 0.125 e. The van der Waals surface area contributed by atoms with Crippen LogP contribution >= 0.6 is 28.1 Å². The van der Waals surface area contributed by atoms with E-state index < -0.39 is 0 Å². The van der Waals surface area contributed by atoms with Crippen LogP contribution in [0, 0.1) is 6.92 Å². The van der Waals surface area contributed by atoms with Gasteiger partial charge < -0.3 is 0 Å². The summed E-state index contributed by atoms with van der Waals surface area (Å²) in [5, 5.41) is 1.53. The number of halogens is 1. The lowest BCUT2D eigenvalue weighted by atomic mass is 10.4. The molecule has 0 saturated carbocycles. The van der Waals surface area contributed by atoms with Crippen molar-refractivity contribution in [1.29, 1.82) is 0 Å². The molecule has 0 spiro atoms. The van der Waals surface area contributed by atoms with Gasteiger partial charge in [0.05, 0.1) is 10.2 Å². The van der Waals surface area contributed by atoms with Crippen LogP contribution in [-0.2, 0) is 0 Å². The molecule has 2 nitrogen and oxygen atoms in total. The first-order chi connectivity index (χ1) is 4.74. The van der Waals surface area contributed by atoms with Gasteiger partial charge in [0.25, 0.3) is 0 Å². The van der Waals surface area contributed by atoms with Gasteiger partial charge in [0.15, 0.2) is 0 Å². The highest BCUT2D eigenvalue weighted by Crippen LogP contribution is 2.10. The number of hydrogen-bond donors (Lipinski definition) is 0.